The number of nitrogens with one attached hydrogen (secondary N) is 2. The second-order valence-electron chi connectivity index (χ2n) is 8.04. The van der Waals surface area contributed by atoms with E-state index in [0.717, 1.165) is 44.6 Å². The van der Waals surface area contributed by atoms with E-state index in [1.54, 1.807) is 6.92 Å². The minimum atomic E-state index is -4.37. The van der Waals surface area contributed by atoms with Gasteiger partial charge in [-0.25, -0.2) is 14.4 Å². The molecule has 0 bridgehead atoms. The van der Waals surface area contributed by atoms with E-state index in [9.17, 15) is 17.2 Å². The van der Waals surface area contributed by atoms with E-state index in [1.165, 1.54) is 17.7 Å². The molecule has 1 saturated heterocycles. The van der Waals surface area contributed by atoms with E-state index in [-0.39, 0.29) is 11.9 Å². The number of aryl methyl sites for hydroxylation is 1. The van der Waals surface area contributed by atoms with Crippen molar-refractivity contribution in [3.8, 4) is 0 Å². The number of anilines is 2. The summed E-state index contributed by atoms with van der Waals surface area (Å²) in [4.78, 5) is 9.80. The van der Waals surface area contributed by atoms with Crippen LogP contribution in [0.4, 0.5) is 20.3 Å². The van der Waals surface area contributed by atoms with Crippen LogP contribution in [0.1, 0.15) is 24.1 Å². The third kappa shape index (κ3) is 5.82. The van der Waals surface area contributed by atoms with Gasteiger partial charge in [0.25, 0.3) is 10.0 Å². The largest absolute Gasteiger partial charge is 0.381 e. The lowest BCUT2D eigenvalue weighted by Crippen LogP contribution is -2.38. The summed E-state index contributed by atoms with van der Waals surface area (Å²) in [5.74, 6) is -2.10. The Morgan fingerprint density at radius 2 is 1.76 bits per heavy atom. The lowest BCUT2D eigenvalue weighted by molar-refractivity contribution is 0.211. The van der Waals surface area contributed by atoms with Gasteiger partial charge in [0.1, 0.15) is 5.82 Å². The van der Waals surface area contributed by atoms with Crippen molar-refractivity contribution in [1.82, 2.24) is 14.9 Å². The Labute approximate surface area is 191 Å². The summed E-state index contributed by atoms with van der Waals surface area (Å²) in [5, 5.41) is 2.55. The first kappa shape index (κ1) is 23.1. The quantitative estimate of drug-likeness (QED) is 0.506. The Kier molecular flexibility index (Phi) is 6.85. The third-order valence-electron chi connectivity index (χ3n) is 5.54. The van der Waals surface area contributed by atoms with Gasteiger partial charge < -0.3 is 5.32 Å². The van der Waals surface area contributed by atoms with Crippen molar-refractivity contribution in [2.45, 2.75) is 37.4 Å². The highest BCUT2D eigenvalue weighted by Crippen LogP contribution is 2.25. The van der Waals surface area contributed by atoms with Crippen LogP contribution in [0.25, 0.3) is 0 Å². The van der Waals surface area contributed by atoms with Gasteiger partial charge in [0.05, 0.1) is 11.4 Å². The number of pyridine rings is 2. The molecule has 0 aliphatic carbocycles. The minimum absolute atomic E-state index is 0.133. The Morgan fingerprint density at radius 1 is 1.03 bits per heavy atom. The Bertz CT molecular complexity index is 1220. The summed E-state index contributed by atoms with van der Waals surface area (Å²) in [5.41, 5.74) is 2.08. The molecule has 3 heterocycles. The highest BCUT2D eigenvalue weighted by molar-refractivity contribution is 7.92. The Morgan fingerprint density at radius 3 is 2.45 bits per heavy atom. The van der Waals surface area contributed by atoms with Gasteiger partial charge in [0, 0.05) is 31.7 Å². The van der Waals surface area contributed by atoms with Crippen molar-refractivity contribution in [1.29, 1.82) is 0 Å². The molecular formula is C23H25F2N5O2S. The molecule has 0 amide bonds. The number of piperidine rings is 1. The average Bonchev–Trinajstić information content (AvgIpc) is 2.78. The number of halogens is 2. The number of hydrogen-bond donors (Lipinski definition) is 2. The molecule has 1 aliphatic heterocycles. The lowest BCUT2D eigenvalue weighted by Gasteiger charge is -2.33. The molecule has 7 nitrogen and oxygen atoms in total. The fourth-order valence-electron chi connectivity index (χ4n) is 3.84. The summed E-state index contributed by atoms with van der Waals surface area (Å²) in [6.45, 7) is 4.31. The second-order valence-corrected chi connectivity index (χ2v) is 9.64. The molecule has 174 valence electrons. The molecule has 4 rings (SSSR count). The zero-order chi connectivity index (χ0) is 23.4. The summed E-state index contributed by atoms with van der Waals surface area (Å²) < 4.78 is 55.2. The number of hydrogen-bond acceptors (Lipinski definition) is 6. The highest BCUT2D eigenvalue weighted by atomic mass is 32.2. The standard InChI is InChI=1S/C23H25F2N5O2S/c1-16-20(27-18-10-12-30(13-11-18)15-17-6-3-2-4-7-17)14-19(24)23(26-16)33(31,32)29-22-9-5-8-21(25)28-22/h2-9,14,18,27H,10-13,15H2,1H3,(H,28,29). The summed E-state index contributed by atoms with van der Waals surface area (Å²) >= 11 is 0. The summed E-state index contributed by atoms with van der Waals surface area (Å²) in [7, 11) is -4.37. The number of nitrogens with zero attached hydrogens (tertiary/aromatic N) is 3. The maximum Gasteiger partial charge on any atom is 0.283 e. The normalized spacial score (nSPS) is 15.4. The molecule has 1 aliphatic rings. The molecule has 0 spiro atoms. The zero-order valence-corrected chi connectivity index (χ0v) is 18.9. The van der Waals surface area contributed by atoms with Crippen molar-refractivity contribution < 1.29 is 17.2 Å². The molecule has 10 heteroatoms. The van der Waals surface area contributed by atoms with Crippen molar-refractivity contribution in [3.63, 3.8) is 0 Å². The van der Waals surface area contributed by atoms with Crippen LogP contribution < -0.4 is 10.0 Å². The predicted octanol–water partition coefficient (Wildman–Crippen LogP) is 3.94. The van der Waals surface area contributed by atoms with Crippen LogP contribution in [-0.2, 0) is 16.6 Å². The second kappa shape index (κ2) is 9.80. The van der Waals surface area contributed by atoms with E-state index in [0.29, 0.717) is 11.4 Å². The van der Waals surface area contributed by atoms with Crippen LogP contribution in [0.15, 0.2) is 59.6 Å². The van der Waals surface area contributed by atoms with Crippen LogP contribution in [0.5, 0.6) is 0 Å². The molecule has 0 atom stereocenters. The van der Waals surface area contributed by atoms with Crippen LogP contribution in [-0.4, -0.2) is 42.4 Å². The van der Waals surface area contributed by atoms with Crippen LogP contribution >= 0.6 is 0 Å². The van der Waals surface area contributed by atoms with Gasteiger partial charge >= 0.3 is 0 Å². The smallest absolute Gasteiger partial charge is 0.283 e. The maximum absolute atomic E-state index is 14.7. The predicted molar refractivity (Wildman–Crippen MR) is 122 cm³/mol. The first-order chi connectivity index (χ1) is 15.8. The number of aromatic nitrogens is 2. The van der Waals surface area contributed by atoms with Gasteiger partial charge in [0.15, 0.2) is 5.82 Å². The van der Waals surface area contributed by atoms with Crippen molar-refractivity contribution in [2.75, 3.05) is 23.1 Å². The number of likely N-dealkylation sites (tertiary alicyclic amines) is 1. The molecule has 3 aromatic rings. The van der Waals surface area contributed by atoms with Gasteiger partial charge in [0.2, 0.25) is 11.0 Å². The molecule has 2 N–H and O–H groups in total. The molecule has 2 aromatic heterocycles. The van der Waals surface area contributed by atoms with Crippen LogP contribution in [0, 0.1) is 18.7 Å². The zero-order valence-electron chi connectivity index (χ0n) is 18.1. The average molecular weight is 474 g/mol. The topological polar surface area (TPSA) is 87.2 Å². The van der Waals surface area contributed by atoms with Crippen LogP contribution in [0.2, 0.25) is 0 Å². The van der Waals surface area contributed by atoms with Gasteiger partial charge in [-0.2, -0.15) is 12.8 Å². The van der Waals surface area contributed by atoms with E-state index in [2.05, 4.69) is 37.0 Å². The highest BCUT2D eigenvalue weighted by Gasteiger charge is 2.25. The minimum Gasteiger partial charge on any atom is -0.381 e. The first-order valence-electron chi connectivity index (χ1n) is 10.7. The van der Waals surface area contributed by atoms with E-state index in [1.807, 2.05) is 18.2 Å². The van der Waals surface area contributed by atoms with E-state index >= 15 is 0 Å². The number of sulfonamides is 1. The fraction of sp³-hybridized carbons (Fsp3) is 0.304. The van der Waals surface area contributed by atoms with Gasteiger partial charge in [-0.1, -0.05) is 36.4 Å². The van der Waals surface area contributed by atoms with Gasteiger partial charge in [-0.05, 0) is 37.5 Å². The first-order valence-corrected chi connectivity index (χ1v) is 12.1. The van der Waals surface area contributed by atoms with Gasteiger partial charge in [-0.3, -0.25) is 9.62 Å². The molecule has 0 saturated carbocycles. The SMILES string of the molecule is Cc1nc(S(=O)(=O)Nc2cccc(F)n2)c(F)cc1NC1CCN(Cc2ccccc2)CC1. The molecular weight excluding hydrogens is 448 g/mol. The summed E-state index contributed by atoms with van der Waals surface area (Å²) in [6, 6.07) is 15.2. The Balaban J connectivity index is 1.40. The maximum atomic E-state index is 14.7. The fourth-order valence-corrected chi connectivity index (χ4v) is 4.90. The lowest BCUT2D eigenvalue weighted by atomic mass is 10.0. The van der Waals surface area contributed by atoms with Crippen molar-refractivity contribution >= 4 is 21.5 Å². The van der Waals surface area contributed by atoms with Gasteiger partial charge in [-0.15, -0.1) is 0 Å². The van der Waals surface area contributed by atoms with E-state index < -0.39 is 26.8 Å². The molecule has 1 fully saturated rings. The van der Waals surface area contributed by atoms with Crippen molar-refractivity contribution in [2.24, 2.45) is 0 Å². The van der Waals surface area contributed by atoms with Crippen molar-refractivity contribution in [3.05, 3.63) is 77.6 Å². The molecule has 1 aromatic carbocycles. The molecule has 33 heavy (non-hydrogen) atoms. The van der Waals surface area contributed by atoms with E-state index in [4.69, 9.17) is 0 Å². The molecule has 0 unspecified atom stereocenters. The number of benzene rings is 1. The van der Waals surface area contributed by atoms with Crippen LogP contribution in [0.3, 0.4) is 0 Å². The molecule has 0 radical (unpaired) electrons. The Hall–Kier alpha value is -3.11. The number of rotatable bonds is 7. The monoisotopic (exact) mass is 473 g/mol. The third-order valence-corrected chi connectivity index (χ3v) is 6.81. The summed E-state index contributed by atoms with van der Waals surface area (Å²) in [6.07, 6.45) is 1.75.